The van der Waals surface area contributed by atoms with Gasteiger partial charge in [0.15, 0.2) is 5.82 Å². The van der Waals surface area contributed by atoms with E-state index in [2.05, 4.69) is 9.97 Å². The molecule has 0 bridgehead atoms. The van der Waals surface area contributed by atoms with Gasteiger partial charge in [-0.25, -0.2) is 14.4 Å². The lowest BCUT2D eigenvalue weighted by molar-refractivity contribution is 0.612. The van der Waals surface area contributed by atoms with Crippen LogP contribution in [0.2, 0.25) is 0 Å². The fourth-order valence-corrected chi connectivity index (χ4v) is 0.891. The summed E-state index contributed by atoms with van der Waals surface area (Å²) in [6, 6.07) is 0. The Balaban J connectivity index is 2.56. The maximum Gasteiger partial charge on any atom is 0.225 e. The van der Waals surface area contributed by atoms with Crippen LogP contribution in [0, 0.1) is 11.2 Å². The summed E-state index contributed by atoms with van der Waals surface area (Å²) in [6.45, 7) is 0.543. The largest absolute Gasteiger partial charge is 0.388 e. The molecule has 1 rings (SSSR count). The molecule has 0 spiro atoms. The predicted molar refractivity (Wildman–Crippen MR) is 51.8 cm³/mol. The number of nitrogens with one attached hydrogen (secondary N) is 1. The molecule has 0 radical (unpaired) electrons. The summed E-state index contributed by atoms with van der Waals surface area (Å²) >= 11 is 0. The molecule has 5 nitrogen and oxygen atoms in total. The predicted octanol–water partition coefficient (Wildman–Crippen LogP) is 0.378. The molecule has 0 amide bonds. The lowest BCUT2D eigenvalue weighted by Gasteiger charge is -2.15. The molecule has 0 unspecified atom stereocenters. The van der Waals surface area contributed by atoms with Crippen LogP contribution in [-0.4, -0.2) is 29.4 Å². The van der Waals surface area contributed by atoms with Gasteiger partial charge in [-0.05, 0) is 0 Å². The Morgan fingerprint density at radius 2 is 2.14 bits per heavy atom. The molecule has 1 aromatic rings. The van der Waals surface area contributed by atoms with Gasteiger partial charge >= 0.3 is 0 Å². The van der Waals surface area contributed by atoms with Crippen molar-refractivity contribution >= 4 is 11.8 Å². The highest BCUT2D eigenvalue weighted by Gasteiger charge is 2.04. The van der Waals surface area contributed by atoms with Crippen LogP contribution in [0.4, 0.5) is 10.3 Å². The zero-order valence-electron chi connectivity index (χ0n) is 7.87. The minimum atomic E-state index is -0.464. The smallest absolute Gasteiger partial charge is 0.225 e. The van der Waals surface area contributed by atoms with Crippen molar-refractivity contribution in [1.29, 1.82) is 5.41 Å². The van der Waals surface area contributed by atoms with Gasteiger partial charge in [-0.15, -0.1) is 0 Å². The maximum absolute atomic E-state index is 12.5. The van der Waals surface area contributed by atoms with Gasteiger partial charge in [-0.2, -0.15) is 0 Å². The molecule has 0 aliphatic carbocycles. The van der Waals surface area contributed by atoms with E-state index >= 15 is 0 Å². The van der Waals surface area contributed by atoms with Crippen LogP contribution < -0.4 is 10.6 Å². The lowest BCUT2D eigenvalue weighted by atomic mass is 10.4. The van der Waals surface area contributed by atoms with E-state index < -0.39 is 5.82 Å². The second-order valence-corrected chi connectivity index (χ2v) is 2.90. The zero-order chi connectivity index (χ0) is 10.6. The Morgan fingerprint density at radius 1 is 1.57 bits per heavy atom. The molecule has 0 atom stereocenters. The van der Waals surface area contributed by atoms with E-state index in [1.54, 1.807) is 11.9 Å². The number of anilines is 1. The van der Waals surface area contributed by atoms with Crippen molar-refractivity contribution in [2.75, 3.05) is 18.5 Å². The van der Waals surface area contributed by atoms with Gasteiger partial charge in [-0.1, -0.05) is 0 Å². The van der Waals surface area contributed by atoms with Crippen LogP contribution in [0.5, 0.6) is 0 Å². The fraction of sp³-hybridized carbons (Fsp3) is 0.375. The topological polar surface area (TPSA) is 78.9 Å². The van der Waals surface area contributed by atoms with Crippen molar-refractivity contribution in [3.05, 3.63) is 18.2 Å². The molecule has 3 N–H and O–H groups in total. The summed E-state index contributed by atoms with van der Waals surface area (Å²) in [5.41, 5.74) is 5.20. The Kier molecular flexibility index (Phi) is 3.33. The van der Waals surface area contributed by atoms with Crippen LogP contribution in [-0.2, 0) is 0 Å². The van der Waals surface area contributed by atoms with Gasteiger partial charge in [0.25, 0.3) is 0 Å². The van der Waals surface area contributed by atoms with Crippen LogP contribution in [0.15, 0.2) is 12.4 Å². The minimum absolute atomic E-state index is 0.110. The summed E-state index contributed by atoms with van der Waals surface area (Å²) in [5.74, 6) is 0.0697. The Morgan fingerprint density at radius 3 is 2.64 bits per heavy atom. The van der Waals surface area contributed by atoms with E-state index in [4.69, 9.17) is 11.1 Å². The third kappa shape index (κ3) is 2.96. The number of nitrogens with two attached hydrogens (primary N) is 1. The fourth-order valence-electron chi connectivity index (χ4n) is 0.891. The van der Waals surface area contributed by atoms with Gasteiger partial charge in [0.05, 0.1) is 18.2 Å². The zero-order valence-corrected chi connectivity index (χ0v) is 7.87. The van der Waals surface area contributed by atoms with Gasteiger partial charge < -0.3 is 10.6 Å². The average Bonchev–Trinajstić information content (AvgIpc) is 2.15. The molecule has 0 aliphatic heterocycles. The molecule has 0 saturated heterocycles. The quantitative estimate of drug-likeness (QED) is 0.540. The lowest BCUT2D eigenvalue weighted by Crippen LogP contribution is -2.25. The number of rotatable bonds is 4. The number of amidine groups is 1. The molecular formula is C8H12FN5. The van der Waals surface area contributed by atoms with E-state index in [9.17, 15) is 4.39 Å². The highest BCUT2D eigenvalue weighted by Crippen LogP contribution is 2.03. The summed E-state index contributed by atoms with van der Waals surface area (Å²) in [7, 11) is 1.76. The molecule has 6 heteroatoms. The molecule has 0 saturated carbocycles. The highest BCUT2D eigenvalue weighted by atomic mass is 19.1. The molecule has 0 aliphatic rings. The van der Waals surface area contributed by atoms with Crippen LogP contribution in [0.1, 0.15) is 6.42 Å². The monoisotopic (exact) mass is 197 g/mol. The maximum atomic E-state index is 12.5. The van der Waals surface area contributed by atoms with Crippen molar-refractivity contribution in [2.45, 2.75) is 6.42 Å². The van der Waals surface area contributed by atoms with Gasteiger partial charge in [0.1, 0.15) is 0 Å². The Hall–Kier alpha value is -1.72. The molecule has 14 heavy (non-hydrogen) atoms. The van der Waals surface area contributed by atoms with Crippen LogP contribution in [0.25, 0.3) is 0 Å². The van der Waals surface area contributed by atoms with Gasteiger partial charge in [0, 0.05) is 20.0 Å². The summed E-state index contributed by atoms with van der Waals surface area (Å²) < 4.78 is 12.5. The van der Waals surface area contributed by atoms with Gasteiger partial charge in [0.2, 0.25) is 5.95 Å². The van der Waals surface area contributed by atoms with Crippen molar-refractivity contribution in [3.8, 4) is 0 Å². The van der Waals surface area contributed by atoms with Gasteiger partial charge in [-0.3, -0.25) is 5.41 Å². The second kappa shape index (κ2) is 4.50. The molecule has 76 valence electrons. The number of hydrogen-bond donors (Lipinski definition) is 2. The summed E-state index contributed by atoms with van der Waals surface area (Å²) in [4.78, 5) is 9.28. The standard InChI is InChI=1S/C8H12FN5/c1-14(3-2-7(10)11)8-12-4-6(9)5-13-8/h4-5H,2-3H2,1H3,(H3,10,11). The van der Waals surface area contributed by atoms with Crippen molar-refractivity contribution in [1.82, 2.24) is 9.97 Å². The Labute approximate surface area is 81.3 Å². The number of hydrogen-bond acceptors (Lipinski definition) is 4. The van der Waals surface area contributed by atoms with E-state index in [0.717, 1.165) is 12.4 Å². The number of aromatic nitrogens is 2. The van der Waals surface area contributed by atoms with E-state index in [1.807, 2.05) is 0 Å². The van der Waals surface area contributed by atoms with E-state index in [0.29, 0.717) is 18.9 Å². The number of nitrogens with zero attached hydrogens (tertiary/aromatic N) is 3. The minimum Gasteiger partial charge on any atom is -0.388 e. The number of halogens is 1. The third-order valence-corrected chi connectivity index (χ3v) is 1.66. The summed E-state index contributed by atoms with van der Waals surface area (Å²) in [6.07, 6.45) is 2.65. The van der Waals surface area contributed by atoms with E-state index in [-0.39, 0.29) is 5.84 Å². The first-order valence-corrected chi connectivity index (χ1v) is 4.11. The highest BCUT2D eigenvalue weighted by molar-refractivity contribution is 5.77. The van der Waals surface area contributed by atoms with Crippen molar-refractivity contribution < 1.29 is 4.39 Å². The molecule has 0 fully saturated rings. The first-order valence-electron chi connectivity index (χ1n) is 4.11. The summed E-state index contributed by atoms with van der Waals surface area (Å²) in [5, 5.41) is 7.03. The van der Waals surface area contributed by atoms with Crippen LogP contribution in [0.3, 0.4) is 0 Å². The molecule has 0 aromatic carbocycles. The average molecular weight is 197 g/mol. The Bertz CT molecular complexity index is 310. The SMILES string of the molecule is CN(CCC(=N)N)c1ncc(F)cn1. The van der Waals surface area contributed by atoms with Crippen molar-refractivity contribution in [3.63, 3.8) is 0 Å². The molecule has 1 heterocycles. The second-order valence-electron chi connectivity index (χ2n) is 2.90. The normalized spacial score (nSPS) is 9.86. The third-order valence-electron chi connectivity index (χ3n) is 1.66. The molecular weight excluding hydrogens is 185 g/mol. The van der Waals surface area contributed by atoms with E-state index in [1.165, 1.54) is 0 Å². The van der Waals surface area contributed by atoms with Crippen molar-refractivity contribution in [2.24, 2.45) is 5.73 Å². The first kappa shape index (κ1) is 10.4. The molecule has 1 aromatic heterocycles. The first-order chi connectivity index (χ1) is 6.59. The van der Waals surface area contributed by atoms with Crippen LogP contribution >= 0.6 is 0 Å².